The van der Waals surface area contributed by atoms with Crippen molar-refractivity contribution in [1.82, 2.24) is 10.6 Å². The van der Waals surface area contributed by atoms with Gasteiger partial charge in [-0.15, -0.1) is 22.7 Å². The number of thiophene rings is 2. The number of alkyl halides is 3. The number of ether oxygens (including phenoxy) is 1. The van der Waals surface area contributed by atoms with E-state index in [0.717, 1.165) is 54.8 Å². The largest absolute Gasteiger partial charge is 0.456 e. The van der Waals surface area contributed by atoms with Crippen LogP contribution in [0, 0.1) is 0 Å². The van der Waals surface area contributed by atoms with Gasteiger partial charge in [-0.3, -0.25) is 5.32 Å². The monoisotopic (exact) mass is 639 g/mol. The Labute approximate surface area is 224 Å². The van der Waals surface area contributed by atoms with E-state index in [1.54, 1.807) is 20.8 Å². The highest BCUT2D eigenvalue weighted by molar-refractivity contribution is 14.1. The summed E-state index contributed by atoms with van der Waals surface area (Å²) < 4.78 is 31.1. The molecule has 2 aliphatic rings. The van der Waals surface area contributed by atoms with E-state index in [1.165, 1.54) is 11.3 Å². The molecule has 0 aromatic carbocycles. The van der Waals surface area contributed by atoms with Gasteiger partial charge in [0.2, 0.25) is 0 Å². The van der Waals surface area contributed by atoms with Crippen molar-refractivity contribution >= 4 is 62.3 Å². The van der Waals surface area contributed by atoms with Gasteiger partial charge >= 0.3 is 15.9 Å². The van der Waals surface area contributed by atoms with Crippen LogP contribution in [-0.2, 0) is 41.0 Å². The lowest BCUT2D eigenvalue weighted by Gasteiger charge is -2.22. The first kappa shape index (κ1) is 26.7. The van der Waals surface area contributed by atoms with E-state index in [0.29, 0.717) is 54.9 Å². The summed E-state index contributed by atoms with van der Waals surface area (Å²) in [6, 6.07) is -0.592. The maximum atomic E-state index is 14.3. The van der Waals surface area contributed by atoms with Crippen molar-refractivity contribution in [3.63, 3.8) is 0 Å². The number of hydrogen-bond acceptors (Lipinski definition) is 7. The number of aliphatic hydroxyl groups is 1. The second-order valence-corrected chi connectivity index (χ2v) is 13.2. The number of rotatable bonds is 5. The number of carbonyl (C=O) groups is 2. The minimum absolute atomic E-state index is 0.0397. The van der Waals surface area contributed by atoms with Crippen molar-refractivity contribution in [2.45, 2.75) is 75.2 Å². The number of fused-ring (bicyclic) bond motifs is 2. The van der Waals surface area contributed by atoms with Gasteiger partial charge in [0.1, 0.15) is 10.6 Å². The number of amides is 2. The third-order valence-corrected chi connectivity index (χ3v) is 9.21. The van der Waals surface area contributed by atoms with Crippen LogP contribution in [0.4, 0.5) is 18.6 Å². The van der Waals surface area contributed by atoms with Crippen molar-refractivity contribution in [3.8, 4) is 0 Å². The molecule has 0 bridgehead atoms. The molecule has 1 unspecified atom stereocenters. The van der Waals surface area contributed by atoms with Crippen LogP contribution in [-0.4, -0.2) is 35.4 Å². The van der Waals surface area contributed by atoms with E-state index >= 15 is 0 Å². The molecule has 3 heterocycles. The summed E-state index contributed by atoms with van der Waals surface area (Å²) >= 11 is 3.45. The van der Waals surface area contributed by atoms with Gasteiger partial charge < -0.3 is 20.5 Å². The molecule has 12 heteroatoms. The number of aliphatic hydroxyl groups excluding tert-OH is 1. The van der Waals surface area contributed by atoms with E-state index in [1.807, 2.05) is 0 Å². The van der Waals surface area contributed by atoms with Crippen LogP contribution >= 0.6 is 45.3 Å². The Balaban J connectivity index is 1.55. The van der Waals surface area contributed by atoms with Gasteiger partial charge in [0.05, 0.1) is 16.5 Å². The van der Waals surface area contributed by atoms with Crippen LogP contribution in [0.15, 0.2) is 0 Å². The second-order valence-electron chi connectivity index (χ2n) is 9.65. The fourth-order valence-electron chi connectivity index (χ4n) is 4.33. The van der Waals surface area contributed by atoms with Crippen LogP contribution < -0.4 is 16.0 Å². The molecule has 4 N–H and O–H groups in total. The van der Waals surface area contributed by atoms with Crippen LogP contribution in [0.5, 0.6) is 0 Å². The molecule has 2 amide bonds. The first-order chi connectivity index (χ1) is 16.3. The average molecular weight is 640 g/mol. The van der Waals surface area contributed by atoms with E-state index in [2.05, 4.69) is 16.0 Å². The number of urea groups is 1. The highest BCUT2D eigenvalue weighted by Gasteiger charge is 2.36. The SMILES string of the molecule is CC(C)(C)OC(=O)c1c(NC(=O)NCc2c(C(F)(F)I)sc3c2CCNC3)sc2c1CCC(O)C2. The maximum absolute atomic E-state index is 14.3. The number of anilines is 1. The topological polar surface area (TPSA) is 99.7 Å². The summed E-state index contributed by atoms with van der Waals surface area (Å²) in [4.78, 5) is 27.5. The van der Waals surface area contributed by atoms with Crippen molar-refractivity contribution in [2.24, 2.45) is 0 Å². The number of hydrogen-bond donors (Lipinski definition) is 4. The Morgan fingerprint density at radius 1 is 1.20 bits per heavy atom. The lowest BCUT2D eigenvalue weighted by Crippen LogP contribution is -2.31. The molecule has 0 fully saturated rings. The molecule has 1 atom stereocenters. The predicted molar refractivity (Wildman–Crippen MR) is 141 cm³/mol. The Morgan fingerprint density at radius 3 is 2.63 bits per heavy atom. The summed E-state index contributed by atoms with van der Waals surface area (Å²) in [6.45, 7) is 6.50. The van der Waals surface area contributed by atoms with Crippen LogP contribution in [0.2, 0.25) is 0 Å². The molecular weight excluding hydrogens is 611 g/mol. The van der Waals surface area contributed by atoms with E-state index in [9.17, 15) is 23.5 Å². The van der Waals surface area contributed by atoms with Gasteiger partial charge in [0, 0.05) is 51.9 Å². The van der Waals surface area contributed by atoms with Crippen LogP contribution in [0.3, 0.4) is 0 Å². The zero-order valence-corrected chi connectivity index (χ0v) is 23.4. The van der Waals surface area contributed by atoms with E-state index in [-0.39, 0.29) is 11.4 Å². The highest BCUT2D eigenvalue weighted by atomic mass is 127. The summed E-state index contributed by atoms with van der Waals surface area (Å²) in [7, 11) is 0. The van der Waals surface area contributed by atoms with Crippen molar-refractivity contribution < 1.29 is 28.2 Å². The van der Waals surface area contributed by atoms with Gasteiger partial charge in [0.25, 0.3) is 0 Å². The molecule has 0 radical (unpaired) electrons. The second kappa shape index (κ2) is 10.2. The summed E-state index contributed by atoms with van der Waals surface area (Å²) in [5.74, 6) is -0.534. The average Bonchev–Trinajstić information content (AvgIpc) is 3.28. The number of carbonyl (C=O) groups excluding carboxylic acids is 2. The zero-order valence-electron chi connectivity index (χ0n) is 19.6. The first-order valence-corrected chi connectivity index (χ1v) is 14.1. The Kier molecular flexibility index (Phi) is 7.78. The molecule has 2 aromatic heterocycles. The number of nitrogens with one attached hydrogen (secondary N) is 3. The van der Waals surface area contributed by atoms with Crippen LogP contribution in [0.25, 0.3) is 0 Å². The molecule has 35 heavy (non-hydrogen) atoms. The molecule has 192 valence electrons. The van der Waals surface area contributed by atoms with Gasteiger partial charge in [-0.25, -0.2) is 9.59 Å². The van der Waals surface area contributed by atoms with Gasteiger partial charge in [0.15, 0.2) is 0 Å². The van der Waals surface area contributed by atoms with Crippen molar-refractivity contribution in [3.05, 3.63) is 36.9 Å². The Bertz CT molecular complexity index is 1140. The third kappa shape index (κ3) is 6.14. The summed E-state index contributed by atoms with van der Waals surface area (Å²) in [6.07, 6.45) is 1.56. The minimum atomic E-state index is -3.04. The zero-order chi connectivity index (χ0) is 25.5. The van der Waals surface area contributed by atoms with Gasteiger partial charge in [-0.2, -0.15) is 8.78 Å². The molecule has 7 nitrogen and oxygen atoms in total. The van der Waals surface area contributed by atoms with Crippen LogP contribution in [0.1, 0.15) is 68.9 Å². The van der Waals surface area contributed by atoms with Crippen molar-refractivity contribution in [1.29, 1.82) is 0 Å². The quantitative estimate of drug-likeness (QED) is 0.208. The van der Waals surface area contributed by atoms with E-state index in [4.69, 9.17) is 4.74 Å². The van der Waals surface area contributed by atoms with Gasteiger partial charge in [-0.05, 0) is 63.3 Å². The predicted octanol–water partition coefficient (Wildman–Crippen LogP) is 5.07. The Morgan fingerprint density at radius 2 is 1.94 bits per heavy atom. The molecule has 1 aliphatic heterocycles. The third-order valence-electron chi connectivity index (χ3n) is 5.79. The first-order valence-electron chi connectivity index (χ1n) is 11.4. The van der Waals surface area contributed by atoms with E-state index < -0.39 is 27.6 Å². The molecule has 0 saturated carbocycles. The molecule has 0 spiro atoms. The molecule has 1 aliphatic carbocycles. The normalized spacial score (nSPS) is 18.0. The fourth-order valence-corrected chi connectivity index (χ4v) is 7.49. The molecule has 4 rings (SSSR count). The molecule has 2 aromatic rings. The summed E-state index contributed by atoms with van der Waals surface area (Å²) in [5, 5.41) is 19.0. The van der Waals surface area contributed by atoms with Crippen molar-refractivity contribution in [2.75, 3.05) is 11.9 Å². The lowest BCUT2D eigenvalue weighted by molar-refractivity contribution is 0.00691. The molecular formula is C23H28F2IN3O4S2. The smallest absolute Gasteiger partial charge is 0.341 e. The number of esters is 1. The maximum Gasteiger partial charge on any atom is 0.341 e. The summed E-state index contributed by atoms with van der Waals surface area (Å²) in [5.41, 5.74) is 1.71. The lowest BCUT2D eigenvalue weighted by atomic mass is 9.93. The van der Waals surface area contributed by atoms with Gasteiger partial charge in [-0.1, -0.05) is 0 Å². The Hall–Kier alpha value is -1.35. The standard InChI is InChI=1S/C23H28F2IN3O4S2/c1-22(2,3)33-20(31)17-13-5-4-11(30)8-15(13)35-19(17)29-21(32)28-9-14-12-6-7-27-10-16(12)34-18(14)23(24,25)26/h11,27,30H,4-10H2,1-3H3,(H2,28,29,32). The highest BCUT2D eigenvalue weighted by Crippen LogP contribution is 2.45. The fraction of sp³-hybridized carbons (Fsp3) is 0.565. The molecule has 0 saturated heterocycles. The number of halogens is 3. The minimum Gasteiger partial charge on any atom is -0.456 e.